The molecule has 2 aromatic carbocycles. The van der Waals surface area contributed by atoms with E-state index in [9.17, 15) is 14.7 Å². The SMILES string of the molecule is CCC(O)(C=CC=C(C)c1cccc(OCc2ccc(C(=O)OC)c(C(=O)OC)c2)c1)CC. The molecule has 0 amide bonds. The van der Waals surface area contributed by atoms with Gasteiger partial charge < -0.3 is 19.3 Å². The number of aliphatic hydroxyl groups is 1. The third-order valence-corrected chi connectivity index (χ3v) is 5.57. The minimum absolute atomic E-state index is 0.129. The van der Waals surface area contributed by atoms with Crippen LogP contribution in [-0.4, -0.2) is 36.9 Å². The van der Waals surface area contributed by atoms with Crippen molar-refractivity contribution in [3.63, 3.8) is 0 Å². The van der Waals surface area contributed by atoms with Crippen LogP contribution in [0, 0.1) is 0 Å². The normalized spacial score (nSPS) is 12.0. The minimum atomic E-state index is -0.784. The molecular weight excluding hydrogens is 420 g/mol. The highest BCUT2D eigenvalue weighted by Gasteiger charge is 2.19. The van der Waals surface area contributed by atoms with Crippen molar-refractivity contribution in [3.8, 4) is 5.75 Å². The van der Waals surface area contributed by atoms with Gasteiger partial charge in [-0.1, -0.05) is 50.3 Å². The first-order valence-corrected chi connectivity index (χ1v) is 10.9. The number of carbonyl (C=O) groups is 2. The average molecular weight is 453 g/mol. The van der Waals surface area contributed by atoms with Gasteiger partial charge in [-0.25, -0.2) is 9.59 Å². The number of hydrogen-bond donors (Lipinski definition) is 1. The molecule has 0 bridgehead atoms. The molecule has 6 nitrogen and oxygen atoms in total. The molecular formula is C27H32O6. The van der Waals surface area contributed by atoms with Crippen molar-refractivity contribution < 1.29 is 28.9 Å². The maximum atomic E-state index is 12.1. The van der Waals surface area contributed by atoms with Crippen molar-refractivity contribution in [2.75, 3.05) is 14.2 Å². The molecule has 0 aliphatic carbocycles. The van der Waals surface area contributed by atoms with Crippen LogP contribution in [0.5, 0.6) is 5.75 Å². The van der Waals surface area contributed by atoms with Crippen molar-refractivity contribution in [2.24, 2.45) is 0 Å². The van der Waals surface area contributed by atoms with Gasteiger partial charge in [-0.3, -0.25) is 0 Å². The molecule has 176 valence electrons. The smallest absolute Gasteiger partial charge is 0.338 e. The van der Waals surface area contributed by atoms with Crippen LogP contribution in [-0.2, 0) is 16.1 Å². The summed E-state index contributed by atoms with van der Waals surface area (Å²) < 4.78 is 15.4. The van der Waals surface area contributed by atoms with Gasteiger partial charge in [-0.2, -0.15) is 0 Å². The van der Waals surface area contributed by atoms with E-state index >= 15 is 0 Å². The second-order valence-electron chi connectivity index (χ2n) is 7.70. The van der Waals surface area contributed by atoms with E-state index in [0.717, 1.165) is 11.1 Å². The van der Waals surface area contributed by atoms with Crippen LogP contribution in [0.15, 0.2) is 60.7 Å². The summed E-state index contributed by atoms with van der Waals surface area (Å²) in [6.07, 6.45) is 6.99. The van der Waals surface area contributed by atoms with Crippen LogP contribution in [0.4, 0.5) is 0 Å². The van der Waals surface area contributed by atoms with Gasteiger partial charge in [0, 0.05) is 0 Å². The van der Waals surface area contributed by atoms with Crippen molar-refractivity contribution in [2.45, 2.75) is 45.8 Å². The van der Waals surface area contributed by atoms with Gasteiger partial charge in [0.2, 0.25) is 0 Å². The Morgan fingerprint density at radius 3 is 2.27 bits per heavy atom. The first kappa shape index (κ1) is 25.9. The van der Waals surface area contributed by atoms with Crippen molar-refractivity contribution in [1.82, 2.24) is 0 Å². The fourth-order valence-electron chi connectivity index (χ4n) is 3.20. The number of allylic oxidation sites excluding steroid dienone is 3. The third kappa shape index (κ3) is 7.05. The van der Waals surface area contributed by atoms with E-state index in [0.29, 0.717) is 24.2 Å². The van der Waals surface area contributed by atoms with E-state index in [2.05, 4.69) is 0 Å². The van der Waals surface area contributed by atoms with E-state index in [1.54, 1.807) is 12.1 Å². The molecule has 0 radical (unpaired) electrons. The second kappa shape index (κ2) is 12.0. The van der Waals surface area contributed by atoms with Crippen molar-refractivity contribution in [1.29, 1.82) is 0 Å². The van der Waals surface area contributed by atoms with E-state index in [-0.39, 0.29) is 17.7 Å². The first-order chi connectivity index (χ1) is 15.8. The number of hydrogen-bond acceptors (Lipinski definition) is 6. The van der Waals surface area contributed by atoms with Crippen LogP contribution in [0.1, 0.15) is 65.5 Å². The lowest BCUT2D eigenvalue weighted by Gasteiger charge is -2.19. The fourth-order valence-corrected chi connectivity index (χ4v) is 3.20. The third-order valence-electron chi connectivity index (χ3n) is 5.57. The Hall–Kier alpha value is -3.38. The summed E-state index contributed by atoms with van der Waals surface area (Å²) in [4.78, 5) is 24.0. The predicted octanol–water partition coefficient (Wildman–Crippen LogP) is 5.35. The molecule has 0 saturated carbocycles. The van der Waals surface area contributed by atoms with Gasteiger partial charge in [-0.15, -0.1) is 0 Å². The lowest BCUT2D eigenvalue weighted by Crippen LogP contribution is -2.22. The average Bonchev–Trinajstić information content (AvgIpc) is 2.86. The van der Waals surface area contributed by atoms with Gasteiger partial charge in [0.25, 0.3) is 0 Å². The van der Waals surface area contributed by atoms with Crippen LogP contribution < -0.4 is 4.74 Å². The molecule has 0 aliphatic rings. The number of ether oxygens (including phenoxy) is 3. The van der Waals surface area contributed by atoms with E-state index in [4.69, 9.17) is 14.2 Å². The molecule has 0 fully saturated rings. The Morgan fingerprint density at radius 1 is 0.970 bits per heavy atom. The quantitative estimate of drug-likeness (QED) is 0.387. The van der Waals surface area contributed by atoms with Gasteiger partial charge >= 0.3 is 11.9 Å². The zero-order valence-electron chi connectivity index (χ0n) is 19.9. The number of benzene rings is 2. The monoisotopic (exact) mass is 452 g/mol. The van der Waals surface area contributed by atoms with Crippen molar-refractivity contribution in [3.05, 3.63) is 82.9 Å². The molecule has 0 aliphatic heterocycles. The molecule has 33 heavy (non-hydrogen) atoms. The number of rotatable bonds is 10. The number of methoxy groups -OCH3 is 2. The van der Waals surface area contributed by atoms with E-state index in [1.165, 1.54) is 20.3 Å². The summed E-state index contributed by atoms with van der Waals surface area (Å²) in [5.41, 5.74) is 2.22. The van der Waals surface area contributed by atoms with Crippen LogP contribution in [0.3, 0.4) is 0 Å². The molecule has 0 unspecified atom stereocenters. The summed E-state index contributed by atoms with van der Waals surface area (Å²) in [5.74, 6) is -0.561. The largest absolute Gasteiger partial charge is 0.489 e. The highest BCUT2D eigenvalue weighted by molar-refractivity contribution is 6.03. The zero-order chi connectivity index (χ0) is 24.4. The maximum Gasteiger partial charge on any atom is 0.338 e. The summed E-state index contributed by atoms with van der Waals surface area (Å²) in [7, 11) is 2.52. The van der Waals surface area contributed by atoms with Crippen LogP contribution >= 0.6 is 0 Å². The molecule has 2 aromatic rings. The Balaban J connectivity index is 2.16. The molecule has 0 aromatic heterocycles. The topological polar surface area (TPSA) is 82.1 Å². The van der Waals surface area contributed by atoms with Crippen LogP contribution in [0.25, 0.3) is 5.57 Å². The van der Waals surface area contributed by atoms with Gasteiger partial charge in [0.05, 0.1) is 30.9 Å². The highest BCUT2D eigenvalue weighted by Crippen LogP contribution is 2.23. The predicted molar refractivity (Wildman–Crippen MR) is 128 cm³/mol. The molecule has 1 N–H and O–H groups in total. The molecule has 0 atom stereocenters. The maximum absolute atomic E-state index is 12.1. The minimum Gasteiger partial charge on any atom is -0.489 e. The summed E-state index contributed by atoms with van der Waals surface area (Å²) in [5, 5.41) is 10.4. The van der Waals surface area contributed by atoms with Gasteiger partial charge in [0.1, 0.15) is 12.4 Å². The fraction of sp³-hybridized carbons (Fsp3) is 0.333. The summed E-state index contributed by atoms with van der Waals surface area (Å²) in [6, 6.07) is 12.5. The van der Waals surface area contributed by atoms with Gasteiger partial charge in [0.15, 0.2) is 0 Å². The zero-order valence-corrected chi connectivity index (χ0v) is 19.9. The highest BCUT2D eigenvalue weighted by atomic mass is 16.5. The van der Waals surface area contributed by atoms with Crippen molar-refractivity contribution >= 4 is 17.5 Å². The number of carbonyl (C=O) groups excluding carboxylic acids is 2. The molecule has 0 heterocycles. The molecule has 6 heteroatoms. The number of esters is 2. The summed E-state index contributed by atoms with van der Waals surface area (Å²) in [6.45, 7) is 6.12. The van der Waals surface area contributed by atoms with E-state index < -0.39 is 17.5 Å². The lowest BCUT2D eigenvalue weighted by molar-refractivity contribution is 0.0555. The Bertz CT molecular complexity index is 1030. The van der Waals surface area contributed by atoms with Gasteiger partial charge in [-0.05, 0) is 60.7 Å². The standard InChI is InChI=1S/C27H32O6/c1-6-27(30,7-2)15-9-10-19(3)21-11-8-12-22(17-21)33-18-20-13-14-23(25(28)31-4)24(16-20)26(29)32-5/h8-17,30H,6-7,18H2,1-5H3. The Kier molecular flexibility index (Phi) is 9.43. The first-order valence-electron chi connectivity index (χ1n) is 10.9. The molecule has 2 rings (SSSR count). The lowest BCUT2D eigenvalue weighted by atomic mass is 9.96. The second-order valence-corrected chi connectivity index (χ2v) is 7.70. The Labute approximate surface area is 195 Å². The van der Waals surface area contributed by atoms with Crippen LogP contribution in [0.2, 0.25) is 0 Å². The summed E-state index contributed by atoms with van der Waals surface area (Å²) >= 11 is 0. The Morgan fingerprint density at radius 2 is 1.64 bits per heavy atom. The molecule has 0 saturated heterocycles. The molecule has 0 spiro atoms. The van der Waals surface area contributed by atoms with E-state index in [1.807, 2.05) is 63.3 Å².